The molecular formula is C15H18BrNO3. The third-order valence-electron chi connectivity index (χ3n) is 3.52. The molecule has 1 aliphatic carbocycles. The molecule has 0 aliphatic heterocycles. The van der Waals surface area contributed by atoms with Crippen molar-refractivity contribution in [3.05, 3.63) is 34.3 Å². The van der Waals surface area contributed by atoms with Gasteiger partial charge in [0.15, 0.2) is 0 Å². The molecule has 2 N–H and O–H groups in total. The van der Waals surface area contributed by atoms with Gasteiger partial charge in [0.2, 0.25) is 5.91 Å². The Morgan fingerprint density at radius 3 is 2.85 bits per heavy atom. The van der Waals surface area contributed by atoms with Gasteiger partial charge in [0.25, 0.3) is 0 Å². The molecule has 1 amide bonds. The van der Waals surface area contributed by atoms with Crippen LogP contribution in [0.15, 0.2) is 28.7 Å². The first-order chi connectivity index (χ1) is 9.58. The Balaban J connectivity index is 1.69. The monoisotopic (exact) mass is 339 g/mol. The summed E-state index contributed by atoms with van der Waals surface area (Å²) in [6, 6.07) is 8.07. The van der Waals surface area contributed by atoms with Crippen LogP contribution in [0.3, 0.4) is 0 Å². The summed E-state index contributed by atoms with van der Waals surface area (Å²) in [4.78, 5) is 22.3. The highest BCUT2D eigenvalue weighted by molar-refractivity contribution is 9.10. The average Bonchev–Trinajstić information content (AvgIpc) is 3.18. The second-order valence-electron chi connectivity index (χ2n) is 5.15. The number of halogens is 1. The van der Waals surface area contributed by atoms with E-state index >= 15 is 0 Å². The van der Waals surface area contributed by atoms with Crippen molar-refractivity contribution in [3.8, 4) is 0 Å². The van der Waals surface area contributed by atoms with Crippen LogP contribution >= 0.6 is 15.9 Å². The van der Waals surface area contributed by atoms with Gasteiger partial charge < -0.3 is 10.4 Å². The lowest BCUT2D eigenvalue weighted by Gasteiger charge is -2.04. The summed E-state index contributed by atoms with van der Waals surface area (Å²) in [5.41, 5.74) is 1.20. The van der Waals surface area contributed by atoms with Gasteiger partial charge in [-0.2, -0.15) is 0 Å². The largest absolute Gasteiger partial charge is 0.481 e. The summed E-state index contributed by atoms with van der Waals surface area (Å²) in [7, 11) is 0. The number of benzene rings is 1. The molecule has 20 heavy (non-hydrogen) atoms. The van der Waals surface area contributed by atoms with Crippen LogP contribution in [-0.2, 0) is 9.59 Å². The summed E-state index contributed by atoms with van der Waals surface area (Å²) in [5, 5.41) is 11.4. The van der Waals surface area contributed by atoms with Crippen LogP contribution in [0.5, 0.6) is 0 Å². The van der Waals surface area contributed by atoms with Crippen LogP contribution in [0.4, 0.5) is 0 Å². The number of carbonyl (C=O) groups excluding carboxylic acids is 1. The Kier molecular flexibility index (Phi) is 5.17. The Morgan fingerprint density at radius 1 is 1.35 bits per heavy atom. The predicted octanol–water partition coefficient (Wildman–Crippen LogP) is 2.92. The van der Waals surface area contributed by atoms with E-state index in [9.17, 15) is 9.59 Å². The van der Waals surface area contributed by atoms with Gasteiger partial charge in [-0.15, -0.1) is 0 Å². The maximum atomic E-state index is 11.9. The lowest BCUT2D eigenvalue weighted by Crippen LogP contribution is -2.26. The third-order valence-corrected chi connectivity index (χ3v) is 4.01. The molecule has 5 heteroatoms. The van der Waals surface area contributed by atoms with Crippen LogP contribution in [0, 0.1) is 5.92 Å². The van der Waals surface area contributed by atoms with Crippen molar-refractivity contribution >= 4 is 27.8 Å². The SMILES string of the molecule is O=C(O)CCCCNC(=O)C1CC1c1cccc(Br)c1. The average molecular weight is 340 g/mol. The lowest BCUT2D eigenvalue weighted by molar-refractivity contribution is -0.137. The van der Waals surface area contributed by atoms with E-state index in [1.807, 2.05) is 12.1 Å². The fraction of sp³-hybridized carbons (Fsp3) is 0.467. The Morgan fingerprint density at radius 2 is 2.15 bits per heavy atom. The standard InChI is InChI=1S/C15H18BrNO3/c16-11-5-3-4-10(8-11)12-9-13(12)15(20)17-7-2-1-6-14(18)19/h3-5,8,12-13H,1-2,6-7,9H2,(H,17,20)(H,18,19). The molecule has 0 heterocycles. The first-order valence-corrected chi connectivity index (χ1v) is 7.62. The first-order valence-electron chi connectivity index (χ1n) is 6.83. The first kappa shape index (κ1) is 15.0. The van der Waals surface area contributed by atoms with Gasteiger partial charge in [0.05, 0.1) is 0 Å². The summed E-state index contributed by atoms with van der Waals surface area (Å²) >= 11 is 3.44. The number of carboxylic acids is 1. The van der Waals surface area contributed by atoms with Crippen molar-refractivity contribution in [2.45, 2.75) is 31.6 Å². The van der Waals surface area contributed by atoms with Crippen LogP contribution in [-0.4, -0.2) is 23.5 Å². The molecule has 1 aromatic rings. The lowest BCUT2D eigenvalue weighted by atomic mass is 10.1. The molecule has 1 aromatic carbocycles. The molecule has 2 unspecified atom stereocenters. The van der Waals surface area contributed by atoms with Crippen LogP contribution < -0.4 is 5.32 Å². The highest BCUT2D eigenvalue weighted by atomic mass is 79.9. The number of amides is 1. The molecular weight excluding hydrogens is 322 g/mol. The van der Waals surface area contributed by atoms with Crippen LogP contribution in [0.2, 0.25) is 0 Å². The molecule has 108 valence electrons. The molecule has 1 aliphatic rings. The van der Waals surface area contributed by atoms with Gasteiger partial charge in [0, 0.05) is 23.4 Å². The van der Waals surface area contributed by atoms with Crippen LogP contribution in [0.1, 0.15) is 37.2 Å². The summed E-state index contributed by atoms with van der Waals surface area (Å²) < 4.78 is 1.04. The number of nitrogens with one attached hydrogen (secondary N) is 1. The number of carboxylic acid groups (broad SMARTS) is 1. The second-order valence-corrected chi connectivity index (χ2v) is 6.06. The van der Waals surface area contributed by atoms with Crippen molar-refractivity contribution in [1.82, 2.24) is 5.32 Å². The van der Waals surface area contributed by atoms with E-state index in [1.54, 1.807) is 0 Å². The molecule has 2 atom stereocenters. The van der Waals surface area contributed by atoms with E-state index in [0.717, 1.165) is 10.9 Å². The van der Waals surface area contributed by atoms with Gasteiger partial charge in [0.1, 0.15) is 0 Å². The molecule has 1 saturated carbocycles. The Bertz CT molecular complexity index is 504. The Hall–Kier alpha value is -1.36. The second kappa shape index (κ2) is 6.88. The maximum Gasteiger partial charge on any atom is 0.303 e. The van der Waals surface area contributed by atoms with Crippen molar-refractivity contribution in [3.63, 3.8) is 0 Å². The molecule has 4 nitrogen and oxygen atoms in total. The Labute approximate surface area is 126 Å². The van der Waals surface area contributed by atoms with Gasteiger partial charge >= 0.3 is 5.97 Å². The smallest absolute Gasteiger partial charge is 0.303 e. The number of aliphatic carboxylic acids is 1. The van der Waals surface area contributed by atoms with Gasteiger partial charge in [-0.3, -0.25) is 9.59 Å². The molecule has 1 fully saturated rings. The zero-order valence-corrected chi connectivity index (χ0v) is 12.7. The summed E-state index contributed by atoms with van der Waals surface area (Å²) in [6.45, 7) is 0.563. The molecule has 0 saturated heterocycles. The topological polar surface area (TPSA) is 66.4 Å². The van der Waals surface area contributed by atoms with Crippen LogP contribution in [0.25, 0.3) is 0 Å². The zero-order valence-electron chi connectivity index (χ0n) is 11.1. The molecule has 0 aromatic heterocycles. The van der Waals surface area contributed by atoms with Gasteiger partial charge in [-0.1, -0.05) is 28.1 Å². The maximum absolute atomic E-state index is 11.9. The number of rotatable bonds is 7. The quantitative estimate of drug-likeness (QED) is 0.750. The van der Waals surface area contributed by atoms with Gasteiger partial charge in [-0.05, 0) is 42.9 Å². The number of unbranched alkanes of at least 4 members (excludes halogenated alkanes) is 1. The fourth-order valence-corrected chi connectivity index (χ4v) is 2.75. The normalized spacial score (nSPS) is 20.4. The number of hydrogen-bond acceptors (Lipinski definition) is 2. The predicted molar refractivity (Wildman–Crippen MR) is 79.5 cm³/mol. The molecule has 0 radical (unpaired) electrons. The minimum atomic E-state index is -0.784. The van der Waals surface area contributed by atoms with Crippen molar-refractivity contribution < 1.29 is 14.7 Å². The summed E-state index contributed by atoms with van der Waals surface area (Å²) in [6.07, 6.45) is 2.39. The van der Waals surface area contributed by atoms with E-state index in [0.29, 0.717) is 25.3 Å². The van der Waals surface area contributed by atoms with E-state index in [-0.39, 0.29) is 18.2 Å². The van der Waals surface area contributed by atoms with Crippen molar-refractivity contribution in [2.24, 2.45) is 5.92 Å². The number of carbonyl (C=O) groups is 2. The van der Waals surface area contributed by atoms with Gasteiger partial charge in [-0.25, -0.2) is 0 Å². The molecule has 2 rings (SSSR count). The molecule has 0 spiro atoms. The molecule has 0 bridgehead atoms. The van der Waals surface area contributed by atoms with E-state index < -0.39 is 5.97 Å². The minimum Gasteiger partial charge on any atom is -0.481 e. The van der Waals surface area contributed by atoms with Crippen molar-refractivity contribution in [2.75, 3.05) is 6.54 Å². The highest BCUT2D eigenvalue weighted by Gasteiger charge is 2.43. The third kappa shape index (κ3) is 4.34. The van der Waals surface area contributed by atoms with E-state index in [1.165, 1.54) is 5.56 Å². The number of hydrogen-bond donors (Lipinski definition) is 2. The van der Waals surface area contributed by atoms with E-state index in [2.05, 4.69) is 33.4 Å². The minimum absolute atomic E-state index is 0.0729. The fourth-order valence-electron chi connectivity index (χ4n) is 2.33. The highest BCUT2D eigenvalue weighted by Crippen LogP contribution is 2.47. The zero-order chi connectivity index (χ0) is 14.5. The van der Waals surface area contributed by atoms with E-state index in [4.69, 9.17) is 5.11 Å². The van der Waals surface area contributed by atoms with Crippen molar-refractivity contribution in [1.29, 1.82) is 0 Å². The summed E-state index contributed by atoms with van der Waals surface area (Å²) in [5.74, 6) is -0.297.